The van der Waals surface area contributed by atoms with Crippen LogP contribution in [0.4, 0.5) is 0 Å². The van der Waals surface area contributed by atoms with Gasteiger partial charge in [0.15, 0.2) is 0 Å². The maximum Gasteiger partial charge on any atom is 0.322 e. The van der Waals surface area contributed by atoms with Crippen LogP contribution in [0.25, 0.3) is 0 Å². The van der Waals surface area contributed by atoms with Crippen molar-refractivity contribution in [2.45, 2.75) is 13.0 Å². The summed E-state index contributed by atoms with van der Waals surface area (Å²) in [7, 11) is 1.44. The summed E-state index contributed by atoms with van der Waals surface area (Å²) in [6.45, 7) is 7.20. The van der Waals surface area contributed by atoms with Crippen LogP contribution in [0, 0.1) is 0 Å². The second-order valence-electron chi connectivity index (χ2n) is 5.24. The van der Waals surface area contributed by atoms with E-state index in [2.05, 4.69) is 9.80 Å². The van der Waals surface area contributed by atoms with E-state index >= 15 is 0 Å². The van der Waals surface area contributed by atoms with Gasteiger partial charge in [-0.25, -0.2) is 0 Å². The SMILES string of the molecule is COC(=O)C(C)N1CCN(CCOc2ccccc2)CC1. The number of ether oxygens (including phenoxy) is 2. The van der Waals surface area contributed by atoms with Gasteiger partial charge >= 0.3 is 5.97 Å². The van der Waals surface area contributed by atoms with E-state index in [1.165, 1.54) is 7.11 Å². The van der Waals surface area contributed by atoms with E-state index in [1.54, 1.807) is 0 Å². The third-order valence-corrected chi connectivity index (χ3v) is 3.92. The Morgan fingerprint density at radius 3 is 2.48 bits per heavy atom. The smallest absolute Gasteiger partial charge is 0.322 e. The fraction of sp³-hybridized carbons (Fsp3) is 0.562. The molecule has 0 aliphatic carbocycles. The minimum absolute atomic E-state index is 0.155. The van der Waals surface area contributed by atoms with Gasteiger partial charge in [0, 0.05) is 32.7 Å². The molecule has 1 aromatic carbocycles. The van der Waals surface area contributed by atoms with Crippen molar-refractivity contribution in [3.05, 3.63) is 30.3 Å². The van der Waals surface area contributed by atoms with Crippen molar-refractivity contribution in [3.63, 3.8) is 0 Å². The number of methoxy groups -OCH3 is 1. The molecule has 0 spiro atoms. The average Bonchev–Trinajstić information content (AvgIpc) is 2.55. The Kier molecular flexibility index (Phi) is 6.02. The number of para-hydroxylation sites is 1. The topological polar surface area (TPSA) is 42.0 Å². The second-order valence-corrected chi connectivity index (χ2v) is 5.24. The highest BCUT2D eigenvalue weighted by Gasteiger charge is 2.25. The van der Waals surface area contributed by atoms with Gasteiger partial charge in [-0.05, 0) is 19.1 Å². The first-order chi connectivity index (χ1) is 10.2. The van der Waals surface area contributed by atoms with Crippen LogP contribution in [0.5, 0.6) is 5.75 Å². The minimum atomic E-state index is -0.157. The first-order valence-electron chi connectivity index (χ1n) is 7.43. The van der Waals surface area contributed by atoms with Gasteiger partial charge in [0.2, 0.25) is 0 Å². The van der Waals surface area contributed by atoms with E-state index in [4.69, 9.17) is 9.47 Å². The predicted octanol–water partition coefficient (Wildman–Crippen LogP) is 1.24. The van der Waals surface area contributed by atoms with E-state index in [9.17, 15) is 4.79 Å². The highest BCUT2D eigenvalue weighted by Crippen LogP contribution is 2.10. The van der Waals surface area contributed by atoms with Crippen LogP contribution in [0.1, 0.15) is 6.92 Å². The zero-order valence-electron chi connectivity index (χ0n) is 12.8. The Morgan fingerprint density at radius 1 is 1.19 bits per heavy atom. The van der Waals surface area contributed by atoms with Crippen LogP contribution < -0.4 is 4.74 Å². The van der Waals surface area contributed by atoms with Crippen molar-refractivity contribution in [2.24, 2.45) is 0 Å². The van der Waals surface area contributed by atoms with Crippen LogP contribution in [-0.2, 0) is 9.53 Å². The molecule has 1 aliphatic heterocycles. The van der Waals surface area contributed by atoms with Crippen LogP contribution in [-0.4, -0.2) is 68.3 Å². The molecule has 0 N–H and O–H groups in total. The van der Waals surface area contributed by atoms with Gasteiger partial charge in [0.1, 0.15) is 18.4 Å². The molecule has 5 nitrogen and oxygen atoms in total. The van der Waals surface area contributed by atoms with E-state index in [-0.39, 0.29) is 12.0 Å². The van der Waals surface area contributed by atoms with E-state index in [1.807, 2.05) is 37.3 Å². The number of esters is 1. The number of piperazine rings is 1. The van der Waals surface area contributed by atoms with E-state index in [0.717, 1.165) is 38.5 Å². The lowest BCUT2D eigenvalue weighted by molar-refractivity contribution is -0.147. The van der Waals surface area contributed by atoms with Gasteiger partial charge in [-0.2, -0.15) is 0 Å². The summed E-state index contributed by atoms with van der Waals surface area (Å²) in [4.78, 5) is 16.1. The number of rotatable bonds is 6. The largest absolute Gasteiger partial charge is 0.492 e. The van der Waals surface area contributed by atoms with Gasteiger partial charge in [0.05, 0.1) is 7.11 Å². The summed E-state index contributed by atoms with van der Waals surface area (Å²) in [5, 5.41) is 0. The zero-order valence-corrected chi connectivity index (χ0v) is 12.8. The maximum absolute atomic E-state index is 11.5. The lowest BCUT2D eigenvalue weighted by atomic mass is 10.2. The molecule has 1 unspecified atom stereocenters. The molecule has 1 aliphatic rings. The lowest BCUT2D eigenvalue weighted by Crippen LogP contribution is -2.52. The Balaban J connectivity index is 1.66. The summed E-state index contributed by atoms with van der Waals surface area (Å²) in [5.41, 5.74) is 0. The first kappa shape index (κ1) is 15.8. The van der Waals surface area contributed by atoms with E-state index < -0.39 is 0 Å². The molecular formula is C16H24N2O3. The van der Waals surface area contributed by atoms with Crippen LogP contribution in [0.15, 0.2) is 30.3 Å². The van der Waals surface area contributed by atoms with Gasteiger partial charge in [-0.15, -0.1) is 0 Å². The van der Waals surface area contributed by atoms with Crippen molar-refractivity contribution in [3.8, 4) is 5.75 Å². The monoisotopic (exact) mass is 292 g/mol. The Bertz CT molecular complexity index is 430. The predicted molar refractivity (Wildman–Crippen MR) is 81.4 cm³/mol. The van der Waals surface area contributed by atoms with Gasteiger partial charge in [0.25, 0.3) is 0 Å². The number of carbonyl (C=O) groups is 1. The number of benzene rings is 1. The summed E-state index contributed by atoms with van der Waals surface area (Å²) in [6, 6.07) is 9.71. The molecule has 116 valence electrons. The number of hydrogen-bond acceptors (Lipinski definition) is 5. The molecule has 0 bridgehead atoms. The lowest BCUT2D eigenvalue weighted by Gasteiger charge is -2.36. The van der Waals surface area contributed by atoms with Crippen molar-refractivity contribution < 1.29 is 14.3 Å². The normalized spacial score (nSPS) is 18.2. The van der Waals surface area contributed by atoms with Crippen molar-refractivity contribution in [1.29, 1.82) is 0 Å². The molecule has 0 saturated carbocycles. The third-order valence-electron chi connectivity index (χ3n) is 3.92. The fourth-order valence-electron chi connectivity index (χ4n) is 2.50. The maximum atomic E-state index is 11.5. The number of hydrogen-bond donors (Lipinski definition) is 0. The summed E-state index contributed by atoms with van der Waals surface area (Å²) < 4.78 is 10.5. The van der Waals surface area contributed by atoms with Crippen molar-refractivity contribution >= 4 is 5.97 Å². The molecule has 0 aromatic heterocycles. The molecule has 1 atom stereocenters. The molecule has 21 heavy (non-hydrogen) atoms. The zero-order chi connectivity index (χ0) is 15.1. The van der Waals surface area contributed by atoms with E-state index in [0.29, 0.717) is 6.61 Å². The highest BCUT2D eigenvalue weighted by atomic mass is 16.5. The molecular weight excluding hydrogens is 268 g/mol. The molecule has 0 radical (unpaired) electrons. The molecule has 2 rings (SSSR count). The van der Waals surface area contributed by atoms with Crippen molar-refractivity contribution in [2.75, 3.05) is 46.4 Å². The minimum Gasteiger partial charge on any atom is -0.492 e. The molecule has 0 amide bonds. The third kappa shape index (κ3) is 4.72. The average molecular weight is 292 g/mol. The van der Waals surface area contributed by atoms with Gasteiger partial charge < -0.3 is 9.47 Å². The summed E-state index contributed by atoms with van der Waals surface area (Å²) in [6.07, 6.45) is 0. The van der Waals surface area contributed by atoms with Crippen LogP contribution in [0.3, 0.4) is 0 Å². The van der Waals surface area contributed by atoms with Crippen LogP contribution >= 0.6 is 0 Å². The van der Waals surface area contributed by atoms with Gasteiger partial charge in [-0.3, -0.25) is 14.6 Å². The molecule has 1 aromatic rings. The van der Waals surface area contributed by atoms with Crippen LogP contribution in [0.2, 0.25) is 0 Å². The Labute approximate surface area is 126 Å². The molecule has 1 fully saturated rings. The number of nitrogens with zero attached hydrogens (tertiary/aromatic N) is 2. The quantitative estimate of drug-likeness (QED) is 0.738. The van der Waals surface area contributed by atoms with Gasteiger partial charge in [-0.1, -0.05) is 18.2 Å². The Hall–Kier alpha value is -1.59. The molecule has 5 heteroatoms. The first-order valence-corrected chi connectivity index (χ1v) is 7.43. The summed E-state index contributed by atoms with van der Waals surface area (Å²) >= 11 is 0. The van der Waals surface area contributed by atoms with Crippen molar-refractivity contribution in [1.82, 2.24) is 9.80 Å². The Morgan fingerprint density at radius 2 is 1.86 bits per heavy atom. The second kappa shape index (κ2) is 8.00. The molecule has 1 heterocycles. The standard InChI is InChI=1S/C16H24N2O3/c1-14(16(19)20-2)18-10-8-17(9-11-18)12-13-21-15-6-4-3-5-7-15/h3-7,14H,8-13H2,1-2H3. The fourth-order valence-corrected chi connectivity index (χ4v) is 2.50. The highest BCUT2D eigenvalue weighted by molar-refractivity contribution is 5.75. The summed E-state index contributed by atoms with van der Waals surface area (Å²) in [5.74, 6) is 0.756. The molecule has 1 saturated heterocycles. The number of carbonyl (C=O) groups excluding carboxylic acids is 1.